The van der Waals surface area contributed by atoms with Gasteiger partial charge in [-0.3, -0.25) is 4.79 Å². The fraction of sp³-hybridized carbons (Fsp3) is 0.545. The van der Waals surface area contributed by atoms with Gasteiger partial charge >= 0.3 is 0 Å². The van der Waals surface area contributed by atoms with Crippen molar-refractivity contribution < 1.29 is 4.79 Å². The van der Waals surface area contributed by atoms with Gasteiger partial charge in [0.2, 0.25) is 5.91 Å². The number of rotatable bonds is 4. The molecule has 1 aromatic heterocycles. The SMILES string of the molecule is O=C(CSc1ccncn1)NC1CCCC1. The standard InChI is InChI=1S/C11H15N3OS/c15-10(14-9-3-1-2-4-9)7-16-11-5-6-12-8-13-11/h5-6,8-9H,1-4,7H2,(H,14,15). The van der Waals surface area contributed by atoms with Gasteiger partial charge in [0.1, 0.15) is 6.33 Å². The highest BCUT2D eigenvalue weighted by molar-refractivity contribution is 7.99. The van der Waals surface area contributed by atoms with Gasteiger partial charge in [0, 0.05) is 12.2 Å². The second kappa shape index (κ2) is 5.84. The maximum absolute atomic E-state index is 11.6. The average molecular weight is 237 g/mol. The molecule has 0 aliphatic heterocycles. The number of amides is 1. The van der Waals surface area contributed by atoms with E-state index in [2.05, 4.69) is 15.3 Å². The second-order valence-corrected chi connectivity index (χ2v) is 4.88. The molecule has 86 valence electrons. The van der Waals surface area contributed by atoms with Crippen LogP contribution in [0.4, 0.5) is 0 Å². The Hall–Kier alpha value is -1.10. The molecule has 1 fully saturated rings. The summed E-state index contributed by atoms with van der Waals surface area (Å²) in [7, 11) is 0. The van der Waals surface area contributed by atoms with Crippen LogP contribution in [0.2, 0.25) is 0 Å². The van der Waals surface area contributed by atoms with E-state index in [1.54, 1.807) is 6.20 Å². The first kappa shape index (κ1) is 11.4. The van der Waals surface area contributed by atoms with Crippen LogP contribution >= 0.6 is 11.8 Å². The molecule has 5 heteroatoms. The first-order valence-electron chi connectivity index (χ1n) is 5.53. The Morgan fingerprint density at radius 1 is 1.50 bits per heavy atom. The van der Waals surface area contributed by atoms with Crippen molar-refractivity contribution in [2.45, 2.75) is 36.8 Å². The lowest BCUT2D eigenvalue weighted by Crippen LogP contribution is -2.33. The van der Waals surface area contributed by atoms with E-state index >= 15 is 0 Å². The molecule has 1 heterocycles. The lowest BCUT2D eigenvalue weighted by molar-refractivity contribution is -0.119. The van der Waals surface area contributed by atoms with E-state index in [9.17, 15) is 4.79 Å². The summed E-state index contributed by atoms with van der Waals surface area (Å²) in [6.07, 6.45) is 7.92. The molecule has 0 aromatic carbocycles. The smallest absolute Gasteiger partial charge is 0.230 e. The molecular formula is C11H15N3OS. The molecule has 1 aromatic rings. The van der Waals surface area contributed by atoms with Crippen molar-refractivity contribution >= 4 is 17.7 Å². The van der Waals surface area contributed by atoms with E-state index in [4.69, 9.17) is 0 Å². The third-order valence-electron chi connectivity index (χ3n) is 2.63. The summed E-state index contributed by atoms with van der Waals surface area (Å²) in [6, 6.07) is 2.21. The van der Waals surface area contributed by atoms with Crippen LogP contribution in [-0.2, 0) is 4.79 Å². The zero-order chi connectivity index (χ0) is 11.2. The van der Waals surface area contributed by atoms with Crippen LogP contribution < -0.4 is 5.32 Å². The van der Waals surface area contributed by atoms with Gasteiger partial charge in [0.25, 0.3) is 0 Å². The molecule has 0 unspecified atom stereocenters. The normalized spacial score (nSPS) is 16.2. The van der Waals surface area contributed by atoms with Crippen LogP contribution in [0.3, 0.4) is 0 Å². The Morgan fingerprint density at radius 3 is 3.00 bits per heavy atom. The topological polar surface area (TPSA) is 54.9 Å². The molecule has 0 atom stereocenters. The summed E-state index contributed by atoms with van der Waals surface area (Å²) in [5.74, 6) is 0.545. The maximum Gasteiger partial charge on any atom is 0.230 e. The summed E-state index contributed by atoms with van der Waals surface area (Å²) in [6.45, 7) is 0. The highest BCUT2D eigenvalue weighted by atomic mass is 32.2. The number of aromatic nitrogens is 2. The molecule has 1 aliphatic carbocycles. The minimum atomic E-state index is 0.107. The quantitative estimate of drug-likeness (QED) is 0.639. The summed E-state index contributed by atoms with van der Waals surface area (Å²) >= 11 is 1.45. The highest BCUT2D eigenvalue weighted by Crippen LogP contribution is 2.18. The van der Waals surface area contributed by atoms with E-state index in [0.717, 1.165) is 17.9 Å². The van der Waals surface area contributed by atoms with E-state index in [0.29, 0.717) is 11.8 Å². The number of thioether (sulfide) groups is 1. The van der Waals surface area contributed by atoms with E-state index < -0.39 is 0 Å². The van der Waals surface area contributed by atoms with Gasteiger partial charge in [0.05, 0.1) is 10.8 Å². The molecule has 4 nitrogen and oxygen atoms in total. The maximum atomic E-state index is 11.6. The summed E-state index contributed by atoms with van der Waals surface area (Å²) in [4.78, 5) is 19.5. The van der Waals surface area contributed by atoms with Crippen molar-refractivity contribution in [1.82, 2.24) is 15.3 Å². The van der Waals surface area contributed by atoms with Gasteiger partial charge in [0.15, 0.2) is 0 Å². The fourth-order valence-electron chi connectivity index (χ4n) is 1.84. The van der Waals surface area contributed by atoms with E-state index in [1.165, 1.54) is 30.9 Å². The van der Waals surface area contributed by atoms with E-state index in [-0.39, 0.29) is 5.91 Å². The number of nitrogens with one attached hydrogen (secondary N) is 1. The van der Waals surface area contributed by atoms with Gasteiger partial charge in [-0.25, -0.2) is 9.97 Å². The third-order valence-corrected chi connectivity index (χ3v) is 3.57. The van der Waals surface area contributed by atoms with Crippen molar-refractivity contribution in [3.63, 3.8) is 0 Å². The van der Waals surface area contributed by atoms with Crippen LogP contribution in [-0.4, -0.2) is 27.7 Å². The number of hydrogen-bond acceptors (Lipinski definition) is 4. The first-order valence-corrected chi connectivity index (χ1v) is 6.51. The third kappa shape index (κ3) is 3.48. The zero-order valence-electron chi connectivity index (χ0n) is 9.06. The second-order valence-electron chi connectivity index (χ2n) is 3.89. The molecule has 1 N–H and O–H groups in total. The van der Waals surface area contributed by atoms with Crippen LogP contribution in [0.1, 0.15) is 25.7 Å². The number of carbonyl (C=O) groups excluding carboxylic acids is 1. The van der Waals surface area contributed by atoms with Crippen LogP contribution in [0.15, 0.2) is 23.6 Å². The largest absolute Gasteiger partial charge is 0.353 e. The monoisotopic (exact) mass is 237 g/mol. The lowest BCUT2D eigenvalue weighted by Gasteiger charge is -2.11. The fourth-order valence-corrected chi connectivity index (χ4v) is 2.48. The van der Waals surface area contributed by atoms with Crippen molar-refractivity contribution in [3.8, 4) is 0 Å². The van der Waals surface area contributed by atoms with Crippen molar-refractivity contribution in [3.05, 3.63) is 18.6 Å². The minimum absolute atomic E-state index is 0.107. The highest BCUT2D eigenvalue weighted by Gasteiger charge is 2.16. The van der Waals surface area contributed by atoms with E-state index in [1.807, 2.05) is 6.07 Å². The van der Waals surface area contributed by atoms with Gasteiger partial charge in [-0.2, -0.15) is 0 Å². The van der Waals surface area contributed by atoms with Crippen LogP contribution in [0.25, 0.3) is 0 Å². The molecule has 0 saturated heterocycles. The molecule has 0 bridgehead atoms. The van der Waals surface area contributed by atoms with Crippen LogP contribution in [0.5, 0.6) is 0 Å². The molecule has 16 heavy (non-hydrogen) atoms. The lowest BCUT2D eigenvalue weighted by atomic mass is 10.2. The molecule has 0 radical (unpaired) electrons. The Bertz CT molecular complexity index is 338. The Balaban J connectivity index is 1.71. The van der Waals surface area contributed by atoms with Gasteiger partial charge in [-0.05, 0) is 18.9 Å². The molecule has 2 rings (SSSR count). The number of hydrogen-bond donors (Lipinski definition) is 1. The number of nitrogens with zero attached hydrogens (tertiary/aromatic N) is 2. The van der Waals surface area contributed by atoms with Crippen molar-refractivity contribution in [1.29, 1.82) is 0 Å². The van der Waals surface area contributed by atoms with Crippen molar-refractivity contribution in [2.24, 2.45) is 0 Å². The predicted molar refractivity (Wildman–Crippen MR) is 63.2 cm³/mol. The Morgan fingerprint density at radius 2 is 2.31 bits per heavy atom. The first-order chi connectivity index (χ1) is 7.84. The van der Waals surface area contributed by atoms with Gasteiger partial charge < -0.3 is 5.32 Å². The van der Waals surface area contributed by atoms with Gasteiger partial charge in [-0.15, -0.1) is 0 Å². The molecule has 1 amide bonds. The van der Waals surface area contributed by atoms with Crippen molar-refractivity contribution in [2.75, 3.05) is 5.75 Å². The molecule has 1 saturated carbocycles. The predicted octanol–water partition coefficient (Wildman–Crippen LogP) is 1.63. The summed E-state index contributed by atoms with van der Waals surface area (Å²) in [5.41, 5.74) is 0. The number of carbonyl (C=O) groups is 1. The zero-order valence-corrected chi connectivity index (χ0v) is 9.87. The molecule has 0 spiro atoms. The molecule has 1 aliphatic rings. The average Bonchev–Trinajstić information content (AvgIpc) is 2.81. The Labute approximate surface area is 99.3 Å². The summed E-state index contributed by atoms with van der Waals surface area (Å²) < 4.78 is 0. The van der Waals surface area contributed by atoms with Crippen LogP contribution in [0, 0.1) is 0 Å². The molecular weight excluding hydrogens is 222 g/mol. The Kier molecular flexibility index (Phi) is 4.16. The summed E-state index contributed by atoms with van der Waals surface area (Å²) in [5, 5.41) is 3.89. The van der Waals surface area contributed by atoms with Gasteiger partial charge in [-0.1, -0.05) is 24.6 Å². The minimum Gasteiger partial charge on any atom is -0.353 e.